The molecular weight excluding hydrogens is 284 g/mol. The van der Waals surface area contributed by atoms with Gasteiger partial charge < -0.3 is 15.0 Å². The van der Waals surface area contributed by atoms with Crippen LogP contribution in [0.5, 0.6) is 0 Å². The van der Waals surface area contributed by atoms with Gasteiger partial charge in [-0.2, -0.15) is 8.42 Å². The van der Waals surface area contributed by atoms with Crippen molar-refractivity contribution in [2.45, 2.75) is 0 Å². The van der Waals surface area contributed by atoms with Crippen molar-refractivity contribution in [3.05, 3.63) is 24.3 Å². The van der Waals surface area contributed by atoms with Crippen molar-refractivity contribution >= 4 is 27.4 Å². The normalized spacial score (nSPS) is 15.9. The number of morpholine rings is 1. The highest BCUT2D eigenvalue weighted by atomic mass is 32.2. The molecule has 0 bridgehead atoms. The second-order valence-electron chi connectivity index (χ2n) is 4.42. The molecule has 0 unspecified atom stereocenters. The average molecular weight is 300 g/mol. The largest absolute Gasteiger partial charge is 0.378 e. The zero-order valence-corrected chi connectivity index (χ0v) is 11.6. The van der Waals surface area contributed by atoms with Crippen LogP contribution in [0.25, 0.3) is 0 Å². The third kappa shape index (κ3) is 4.48. The maximum absolute atomic E-state index is 11.3. The Morgan fingerprint density at radius 3 is 2.40 bits per heavy atom. The Bertz CT molecular complexity index is 564. The minimum atomic E-state index is -4.30. The minimum Gasteiger partial charge on any atom is -0.378 e. The van der Waals surface area contributed by atoms with Gasteiger partial charge in [0.05, 0.1) is 13.2 Å². The Morgan fingerprint density at radius 1 is 1.25 bits per heavy atom. The van der Waals surface area contributed by atoms with Gasteiger partial charge in [0.15, 0.2) is 5.75 Å². The summed E-state index contributed by atoms with van der Waals surface area (Å²) >= 11 is 0. The molecule has 0 spiro atoms. The highest BCUT2D eigenvalue weighted by molar-refractivity contribution is 7.86. The number of hydrogen-bond donors (Lipinski definition) is 2. The smallest absolute Gasteiger partial charge is 0.274 e. The summed E-state index contributed by atoms with van der Waals surface area (Å²) in [4.78, 5) is 13.5. The van der Waals surface area contributed by atoms with Crippen molar-refractivity contribution in [1.82, 2.24) is 0 Å². The molecule has 20 heavy (non-hydrogen) atoms. The number of anilines is 2. The zero-order valence-electron chi connectivity index (χ0n) is 10.8. The lowest BCUT2D eigenvalue weighted by Gasteiger charge is -2.28. The fourth-order valence-corrected chi connectivity index (χ4v) is 2.34. The second-order valence-corrected chi connectivity index (χ2v) is 5.87. The number of nitrogens with zero attached hydrogens (tertiary/aromatic N) is 1. The van der Waals surface area contributed by atoms with Crippen LogP contribution in [-0.4, -0.2) is 50.9 Å². The number of carbonyl (C=O) groups excluding carboxylic acids is 1. The van der Waals surface area contributed by atoms with Crippen molar-refractivity contribution in [3.8, 4) is 0 Å². The van der Waals surface area contributed by atoms with Gasteiger partial charge in [-0.25, -0.2) is 0 Å². The summed E-state index contributed by atoms with van der Waals surface area (Å²) in [6.45, 7) is 3.00. The number of carbonyl (C=O) groups is 1. The molecule has 1 aliphatic rings. The molecule has 0 saturated carbocycles. The summed E-state index contributed by atoms with van der Waals surface area (Å²) in [6, 6.07) is 7.06. The van der Waals surface area contributed by atoms with E-state index in [2.05, 4.69) is 10.2 Å². The van der Waals surface area contributed by atoms with Gasteiger partial charge in [-0.3, -0.25) is 9.35 Å². The molecule has 0 aromatic heterocycles. The van der Waals surface area contributed by atoms with Gasteiger partial charge >= 0.3 is 0 Å². The number of amides is 1. The quantitative estimate of drug-likeness (QED) is 0.779. The van der Waals surface area contributed by atoms with Crippen molar-refractivity contribution < 1.29 is 22.5 Å². The van der Waals surface area contributed by atoms with Gasteiger partial charge in [-0.05, 0) is 24.3 Å². The van der Waals surface area contributed by atoms with E-state index in [1.165, 1.54) is 0 Å². The van der Waals surface area contributed by atoms with Gasteiger partial charge in [-0.1, -0.05) is 0 Å². The predicted octanol–water partition coefficient (Wildman–Crippen LogP) is 0.350. The van der Waals surface area contributed by atoms with E-state index in [1.54, 1.807) is 12.1 Å². The molecule has 7 nitrogen and oxygen atoms in total. The summed E-state index contributed by atoms with van der Waals surface area (Å²) in [7, 11) is -4.30. The Morgan fingerprint density at radius 2 is 1.85 bits per heavy atom. The maximum atomic E-state index is 11.3. The maximum Gasteiger partial charge on any atom is 0.274 e. The molecule has 0 radical (unpaired) electrons. The first kappa shape index (κ1) is 14.8. The van der Waals surface area contributed by atoms with Gasteiger partial charge in [0.25, 0.3) is 10.1 Å². The van der Waals surface area contributed by atoms with Crippen LogP contribution in [0.4, 0.5) is 11.4 Å². The zero-order chi connectivity index (χ0) is 14.6. The molecule has 1 heterocycles. The summed E-state index contributed by atoms with van der Waals surface area (Å²) < 4.78 is 35.0. The van der Waals surface area contributed by atoms with E-state index in [0.717, 1.165) is 18.8 Å². The molecule has 1 aromatic rings. The molecular formula is C12H16N2O5S. The molecule has 0 aliphatic carbocycles. The SMILES string of the molecule is O=C(CS(=O)(=O)O)Nc1ccc(N2CCOCC2)cc1. The lowest BCUT2D eigenvalue weighted by Crippen LogP contribution is -2.36. The van der Waals surface area contributed by atoms with Crippen molar-refractivity contribution in [3.63, 3.8) is 0 Å². The van der Waals surface area contributed by atoms with Crippen LogP contribution in [0.2, 0.25) is 0 Å². The van der Waals surface area contributed by atoms with Crippen LogP contribution in [-0.2, 0) is 19.6 Å². The van der Waals surface area contributed by atoms with Gasteiger partial charge in [0, 0.05) is 24.5 Å². The van der Waals surface area contributed by atoms with E-state index in [0.29, 0.717) is 18.9 Å². The van der Waals surface area contributed by atoms with Crippen LogP contribution in [0, 0.1) is 0 Å². The first-order chi connectivity index (χ1) is 9.44. The van der Waals surface area contributed by atoms with Crippen LogP contribution < -0.4 is 10.2 Å². The standard InChI is InChI=1S/C12H16N2O5S/c15-12(9-20(16,17)18)13-10-1-3-11(4-2-10)14-5-7-19-8-6-14/h1-4H,5-9H2,(H,13,15)(H,16,17,18). The Labute approximate surface area is 117 Å². The number of nitrogens with one attached hydrogen (secondary N) is 1. The monoisotopic (exact) mass is 300 g/mol. The molecule has 1 aromatic carbocycles. The van der Waals surface area contributed by atoms with Crippen molar-refractivity contribution in [2.75, 3.05) is 42.3 Å². The van der Waals surface area contributed by atoms with E-state index in [4.69, 9.17) is 9.29 Å². The highest BCUT2D eigenvalue weighted by Crippen LogP contribution is 2.18. The van der Waals surface area contributed by atoms with E-state index in [1.807, 2.05) is 12.1 Å². The lowest BCUT2D eigenvalue weighted by atomic mass is 10.2. The molecule has 1 amide bonds. The molecule has 8 heteroatoms. The Hall–Kier alpha value is -1.64. The number of benzene rings is 1. The molecule has 0 atom stereocenters. The minimum absolute atomic E-state index is 0.482. The summed E-state index contributed by atoms with van der Waals surface area (Å²) in [5, 5.41) is 2.41. The van der Waals surface area contributed by atoms with E-state index < -0.39 is 21.8 Å². The van der Waals surface area contributed by atoms with Crippen molar-refractivity contribution in [2.24, 2.45) is 0 Å². The third-order valence-electron chi connectivity index (χ3n) is 2.84. The van der Waals surface area contributed by atoms with Crippen LogP contribution in [0.3, 0.4) is 0 Å². The van der Waals surface area contributed by atoms with Gasteiger partial charge in [-0.15, -0.1) is 0 Å². The fraction of sp³-hybridized carbons (Fsp3) is 0.417. The molecule has 1 aliphatic heterocycles. The summed E-state index contributed by atoms with van der Waals surface area (Å²) in [6.07, 6.45) is 0. The molecule has 2 N–H and O–H groups in total. The van der Waals surface area contributed by atoms with Crippen molar-refractivity contribution in [1.29, 1.82) is 0 Å². The fourth-order valence-electron chi connectivity index (χ4n) is 1.94. The third-order valence-corrected chi connectivity index (χ3v) is 3.47. The van der Waals surface area contributed by atoms with Gasteiger partial charge in [0.2, 0.25) is 5.91 Å². The summed E-state index contributed by atoms with van der Waals surface area (Å²) in [5.41, 5.74) is 1.50. The van der Waals surface area contributed by atoms with E-state index in [9.17, 15) is 13.2 Å². The van der Waals surface area contributed by atoms with Gasteiger partial charge in [0.1, 0.15) is 0 Å². The van der Waals surface area contributed by atoms with Crippen LogP contribution in [0.15, 0.2) is 24.3 Å². The number of hydrogen-bond acceptors (Lipinski definition) is 5. The highest BCUT2D eigenvalue weighted by Gasteiger charge is 2.14. The lowest BCUT2D eigenvalue weighted by molar-refractivity contribution is -0.113. The number of rotatable bonds is 4. The Balaban J connectivity index is 1.96. The molecule has 1 fully saturated rings. The second kappa shape index (κ2) is 6.21. The first-order valence-electron chi connectivity index (χ1n) is 6.12. The average Bonchev–Trinajstić information content (AvgIpc) is 2.38. The topological polar surface area (TPSA) is 95.9 Å². The predicted molar refractivity (Wildman–Crippen MR) is 74.5 cm³/mol. The molecule has 110 valence electrons. The van der Waals surface area contributed by atoms with Crippen LogP contribution >= 0.6 is 0 Å². The first-order valence-corrected chi connectivity index (χ1v) is 7.73. The number of ether oxygens (including phenoxy) is 1. The van der Waals surface area contributed by atoms with Crippen LogP contribution in [0.1, 0.15) is 0 Å². The molecule has 1 saturated heterocycles. The Kier molecular flexibility index (Phi) is 4.58. The molecule has 2 rings (SSSR count). The summed E-state index contributed by atoms with van der Waals surface area (Å²) in [5.74, 6) is -1.72. The van der Waals surface area contributed by atoms with E-state index in [-0.39, 0.29) is 0 Å². The van der Waals surface area contributed by atoms with E-state index >= 15 is 0 Å².